The zero-order valence-corrected chi connectivity index (χ0v) is 16.0. The summed E-state index contributed by atoms with van der Waals surface area (Å²) in [5, 5.41) is 8.96. The van der Waals surface area contributed by atoms with Gasteiger partial charge in [0.2, 0.25) is 11.8 Å². The van der Waals surface area contributed by atoms with Crippen molar-refractivity contribution in [2.75, 3.05) is 5.32 Å². The Morgan fingerprint density at radius 1 is 1.03 bits per heavy atom. The zero-order chi connectivity index (χ0) is 20.2. The van der Waals surface area contributed by atoms with Crippen LogP contribution in [-0.2, 0) is 9.59 Å². The Kier molecular flexibility index (Phi) is 5.30. The van der Waals surface area contributed by atoms with Crippen molar-refractivity contribution in [1.29, 1.82) is 0 Å². The Labute approximate surface area is 170 Å². The van der Waals surface area contributed by atoms with Crippen LogP contribution < -0.4 is 16.2 Å². The molecular formula is C20H17N5O3S. The maximum absolute atomic E-state index is 12.2. The van der Waals surface area contributed by atoms with Crippen molar-refractivity contribution in [3.8, 4) is 11.3 Å². The minimum Gasteiger partial charge on any atom is -0.324 e. The van der Waals surface area contributed by atoms with Crippen molar-refractivity contribution in [3.63, 3.8) is 0 Å². The van der Waals surface area contributed by atoms with E-state index in [9.17, 15) is 14.4 Å². The average Bonchev–Trinajstić information content (AvgIpc) is 3.24. The predicted octanol–water partition coefficient (Wildman–Crippen LogP) is 2.34. The number of benzene rings is 2. The fraction of sp³-hybridized carbons (Fsp3) is 0.100. The monoisotopic (exact) mass is 407 g/mol. The minimum atomic E-state index is -0.571. The number of nitrogens with one attached hydrogen (secondary N) is 4. The largest absolute Gasteiger partial charge is 0.324 e. The lowest BCUT2D eigenvalue weighted by molar-refractivity contribution is -0.124. The van der Waals surface area contributed by atoms with Gasteiger partial charge >= 0.3 is 0 Å². The summed E-state index contributed by atoms with van der Waals surface area (Å²) in [6.45, 7) is 0. The molecule has 1 unspecified atom stereocenters. The number of nitrogens with zero attached hydrogens (tertiary/aromatic N) is 1. The Morgan fingerprint density at radius 2 is 1.79 bits per heavy atom. The summed E-state index contributed by atoms with van der Waals surface area (Å²) in [4.78, 5) is 37.5. The minimum absolute atomic E-state index is 0.0661. The number of anilines is 1. The van der Waals surface area contributed by atoms with E-state index in [1.807, 2.05) is 54.6 Å². The molecule has 2 heterocycles. The predicted molar refractivity (Wildman–Crippen MR) is 109 cm³/mol. The number of carbonyl (C=O) groups excluding carboxylic acids is 3. The molecule has 0 saturated heterocycles. The van der Waals surface area contributed by atoms with Crippen LogP contribution in [-0.4, -0.2) is 33.2 Å². The zero-order valence-electron chi connectivity index (χ0n) is 15.1. The SMILES string of the molecule is O=C(CC1Sc2ccccc2NC1=O)NNC(=O)c1cc(-c2ccccc2)n[nH]1. The van der Waals surface area contributed by atoms with Gasteiger partial charge < -0.3 is 5.32 Å². The van der Waals surface area contributed by atoms with Crippen LogP contribution in [0.5, 0.6) is 0 Å². The van der Waals surface area contributed by atoms with Gasteiger partial charge in [-0.1, -0.05) is 42.5 Å². The number of thioether (sulfide) groups is 1. The van der Waals surface area contributed by atoms with Crippen LogP contribution in [0.25, 0.3) is 11.3 Å². The van der Waals surface area contributed by atoms with E-state index >= 15 is 0 Å². The number of aromatic nitrogens is 2. The van der Waals surface area contributed by atoms with E-state index in [0.717, 1.165) is 16.1 Å². The molecule has 146 valence electrons. The Balaban J connectivity index is 1.31. The maximum atomic E-state index is 12.2. The third-order valence-corrected chi connectivity index (χ3v) is 5.56. The first-order valence-corrected chi connectivity index (χ1v) is 9.74. The van der Waals surface area contributed by atoms with Gasteiger partial charge in [0.25, 0.3) is 5.91 Å². The Morgan fingerprint density at radius 3 is 2.62 bits per heavy atom. The third kappa shape index (κ3) is 4.30. The highest BCUT2D eigenvalue weighted by Gasteiger charge is 2.29. The van der Waals surface area contributed by atoms with Crippen LogP contribution in [0, 0.1) is 0 Å². The highest BCUT2D eigenvalue weighted by molar-refractivity contribution is 8.01. The molecule has 1 aliphatic rings. The van der Waals surface area contributed by atoms with E-state index in [1.54, 1.807) is 6.07 Å². The summed E-state index contributed by atoms with van der Waals surface area (Å²) in [7, 11) is 0. The standard InChI is InChI=1S/C20H17N5O3S/c26-18(11-17-20(28)21-13-8-4-5-9-16(13)29-17)24-25-19(27)15-10-14(22-23-15)12-6-2-1-3-7-12/h1-10,17H,11H2,(H,21,28)(H,22,23)(H,24,26)(H,25,27). The molecule has 9 heteroatoms. The van der Waals surface area contributed by atoms with E-state index in [0.29, 0.717) is 5.69 Å². The first-order chi connectivity index (χ1) is 14.1. The number of fused-ring (bicyclic) bond motifs is 1. The lowest BCUT2D eigenvalue weighted by Crippen LogP contribution is -2.44. The Bertz CT molecular complexity index is 1070. The molecule has 3 aromatic rings. The molecule has 1 aliphatic heterocycles. The molecule has 0 spiro atoms. The van der Waals surface area contributed by atoms with E-state index in [-0.39, 0.29) is 18.0 Å². The summed E-state index contributed by atoms with van der Waals surface area (Å²) in [5.74, 6) is -1.23. The number of para-hydroxylation sites is 1. The molecule has 1 atom stereocenters. The molecule has 1 aromatic heterocycles. The molecule has 8 nitrogen and oxygen atoms in total. The van der Waals surface area contributed by atoms with Crippen LogP contribution >= 0.6 is 11.8 Å². The quantitative estimate of drug-likeness (QED) is 0.496. The number of aromatic amines is 1. The van der Waals surface area contributed by atoms with Gasteiger partial charge in [-0.05, 0) is 18.2 Å². The first-order valence-electron chi connectivity index (χ1n) is 8.87. The maximum Gasteiger partial charge on any atom is 0.287 e. The fourth-order valence-electron chi connectivity index (χ4n) is 2.84. The van der Waals surface area contributed by atoms with Crippen molar-refractivity contribution in [2.24, 2.45) is 0 Å². The van der Waals surface area contributed by atoms with Crippen LogP contribution in [0.4, 0.5) is 5.69 Å². The first kappa shape index (κ1) is 18.8. The van der Waals surface area contributed by atoms with Crippen molar-refractivity contribution < 1.29 is 14.4 Å². The van der Waals surface area contributed by atoms with Crippen molar-refractivity contribution in [3.05, 3.63) is 66.4 Å². The average molecular weight is 407 g/mol. The second-order valence-corrected chi connectivity index (χ2v) is 7.58. The third-order valence-electron chi connectivity index (χ3n) is 4.28. The van der Waals surface area contributed by atoms with Gasteiger partial charge in [0.05, 0.1) is 16.6 Å². The number of carbonyl (C=O) groups is 3. The lowest BCUT2D eigenvalue weighted by Gasteiger charge is -2.23. The molecular weight excluding hydrogens is 390 g/mol. The van der Waals surface area contributed by atoms with Crippen molar-refractivity contribution in [1.82, 2.24) is 21.0 Å². The molecule has 0 bridgehead atoms. The van der Waals surface area contributed by atoms with Gasteiger partial charge in [-0.2, -0.15) is 5.10 Å². The number of hydrogen-bond donors (Lipinski definition) is 4. The molecule has 0 saturated carbocycles. The molecule has 0 fully saturated rings. The highest BCUT2D eigenvalue weighted by Crippen LogP contribution is 2.36. The van der Waals surface area contributed by atoms with Gasteiger partial charge in [-0.3, -0.25) is 30.3 Å². The van der Waals surface area contributed by atoms with Crippen molar-refractivity contribution in [2.45, 2.75) is 16.6 Å². The number of hydrazine groups is 1. The molecule has 4 N–H and O–H groups in total. The molecule has 0 aliphatic carbocycles. The second kappa shape index (κ2) is 8.19. The number of amides is 3. The fourth-order valence-corrected chi connectivity index (χ4v) is 3.95. The van der Waals surface area contributed by atoms with Gasteiger partial charge in [0.15, 0.2) is 0 Å². The topological polar surface area (TPSA) is 116 Å². The summed E-state index contributed by atoms with van der Waals surface area (Å²) < 4.78 is 0. The van der Waals surface area contributed by atoms with Gasteiger partial charge in [0.1, 0.15) is 5.69 Å². The van der Waals surface area contributed by atoms with E-state index < -0.39 is 17.1 Å². The second-order valence-electron chi connectivity index (χ2n) is 6.33. The highest BCUT2D eigenvalue weighted by atomic mass is 32.2. The van der Waals surface area contributed by atoms with Crippen LogP contribution in [0.3, 0.4) is 0 Å². The summed E-state index contributed by atoms with van der Waals surface area (Å²) in [5.41, 5.74) is 7.12. The van der Waals surface area contributed by atoms with Gasteiger partial charge in [0, 0.05) is 16.9 Å². The summed E-state index contributed by atoms with van der Waals surface area (Å²) in [6.07, 6.45) is -0.0661. The molecule has 29 heavy (non-hydrogen) atoms. The van der Waals surface area contributed by atoms with E-state index in [4.69, 9.17) is 0 Å². The number of rotatable bonds is 4. The molecule has 2 aromatic carbocycles. The van der Waals surface area contributed by atoms with Crippen LogP contribution in [0.1, 0.15) is 16.9 Å². The molecule has 4 rings (SSSR count). The molecule has 0 radical (unpaired) electrons. The van der Waals surface area contributed by atoms with E-state index in [1.165, 1.54) is 11.8 Å². The lowest BCUT2D eigenvalue weighted by atomic mass is 10.1. The smallest absolute Gasteiger partial charge is 0.287 e. The number of hydrogen-bond acceptors (Lipinski definition) is 5. The summed E-state index contributed by atoms with van der Waals surface area (Å²) >= 11 is 1.32. The van der Waals surface area contributed by atoms with Gasteiger partial charge in [-0.25, -0.2) is 0 Å². The normalized spacial score (nSPS) is 15.2. The van der Waals surface area contributed by atoms with E-state index in [2.05, 4.69) is 26.4 Å². The van der Waals surface area contributed by atoms with Crippen molar-refractivity contribution >= 4 is 35.2 Å². The number of H-pyrrole nitrogens is 1. The van der Waals surface area contributed by atoms with Crippen LogP contribution in [0.15, 0.2) is 65.6 Å². The molecule has 3 amide bonds. The Hall–Kier alpha value is -3.59. The summed E-state index contributed by atoms with van der Waals surface area (Å²) in [6, 6.07) is 18.4. The van der Waals surface area contributed by atoms with Gasteiger partial charge in [-0.15, -0.1) is 11.8 Å². The van der Waals surface area contributed by atoms with Crippen LogP contribution in [0.2, 0.25) is 0 Å².